The van der Waals surface area contributed by atoms with Crippen LogP contribution in [0.1, 0.15) is 21.5 Å². The summed E-state index contributed by atoms with van der Waals surface area (Å²) in [6.07, 6.45) is 2.26. The lowest BCUT2D eigenvalue weighted by molar-refractivity contribution is 0.0953. The average Bonchev–Trinajstić information content (AvgIpc) is 2.68. The molecule has 0 aliphatic rings. The molecule has 0 atom stereocenters. The van der Waals surface area contributed by atoms with E-state index in [1.165, 1.54) is 18.2 Å². The fourth-order valence-electron chi connectivity index (χ4n) is 2.61. The summed E-state index contributed by atoms with van der Waals surface area (Å²) >= 11 is 0. The van der Waals surface area contributed by atoms with Gasteiger partial charge >= 0.3 is 0 Å². The van der Waals surface area contributed by atoms with E-state index in [1.807, 2.05) is 24.3 Å². The lowest BCUT2D eigenvalue weighted by Gasteiger charge is -2.10. The normalized spacial score (nSPS) is 10.5. The number of nitrogen functional groups attached to an aromatic ring is 2. The first kappa shape index (κ1) is 19.1. The summed E-state index contributed by atoms with van der Waals surface area (Å²) in [6, 6.07) is 13.4. The van der Waals surface area contributed by atoms with E-state index in [-0.39, 0.29) is 11.9 Å². The molecule has 1 amide bonds. The van der Waals surface area contributed by atoms with E-state index in [2.05, 4.69) is 20.6 Å². The number of anilines is 3. The number of aromatic nitrogens is 2. The molecule has 0 radical (unpaired) electrons. The molecule has 0 saturated carbocycles. The van der Waals surface area contributed by atoms with Gasteiger partial charge in [0.05, 0.1) is 0 Å². The fourth-order valence-corrected chi connectivity index (χ4v) is 2.61. The second-order valence-electron chi connectivity index (χ2n) is 6.21. The van der Waals surface area contributed by atoms with Gasteiger partial charge in [-0.15, -0.1) is 0 Å². The molecule has 2 aromatic carbocycles. The summed E-state index contributed by atoms with van der Waals surface area (Å²) in [7, 11) is 0. The molecular formula is C20H21FN6O. The van der Waals surface area contributed by atoms with Gasteiger partial charge in [-0.25, -0.2) is 9.37 Å². The summed E-state index contributed by atoms with van der Waals surface area (Å²) in [4.78, 5) is 19.8. The van der Waals surface area contributed by atoms with Crippen molar-refractivity contribution in [2.24, 2.45) is 0 Å². The zero-order chi connectivity index (χ0) is 19.9. The van der Waals surface area contributed by atoms with Gasteiger partial charge in [0, 0.05) is 36.1 Å². The highest BCUT2D eigenvalue weighted by molar-refractivity contribution is 5.94. The van der Waals surface area contributed by atoms with Gasteiger partial charge in [0.2, 0.25) is 5.95 Å². The van der Waals surface area contributed by atoms with Crippen LogP contribution in [0.15, 0.2) is 54.7 Å². The van der Waals surface area contributed by atoms with Crippen LogP contribution >= 0.6 is 0 Å². The minimum atomic E-state index is -0.428. The van der Waals surface area contributed by atoms with Gasteiger partial charge in [-0.2, -0.15) is 4.98 Å². The highest BCUT2D eigenvalue weighted by Crippen LogP contribution is 2.14. The molecule has 0 saturated heterocycles. The molecule has 0 aliphatic heterocycles. The number of amides is 1. The molecule has 0 aliphatic carbocycles. The van der Waals surface area contributed by atoms with Crippen molar-refractivity contribution in [2.45, 2.75) is 13.0 Å². The van der Waals surface area contributed by atoms with E-state index in [1.54, 1.807) is 12.3 Å². The summed E-state index contributed by atoms with van der Waals surface area (Å²) < 4.78 is 13.2. The molecule has 0 bridgehead atoms. The van der Waals surface area contributed by atoms with Gasteiger partial charge in [-0.05, 0) is 42.3 Å². The minimum Gasteiger partial charge on any atom is -0.383 e. The Bertz CT molecular complexity index is 961. The molecular weight excluding hydrogens is 359 g/mol. The highest BCUT2D eigenvalue weighted by atomic mass is 19.1. The van der Waals surface area contributed by atoms with Gasteiger partial charge in [-0.3, -0.25) is 4.79 Å². The first-order valence-corrected chi connectivity index (χ1v) is 8.75. The van der Waals surface area contributed by atoms with Gasteiger partial charge < -0.3 is 22.1 Å². The van der Waals surface area contributed by atoms with Crippen molar-refractivity contribution in [3.05, 3.63) is 77.2 Å². The van der Waals surface area contributed by atoms with E-state index in [0.717, 1.165) is 16.8 Å². The highest BCUT2D eigenvalue weighted by Gasteiger charge is 2.06. The molecule has 1 aromatic heterocycles. The van der Waals surface area contributed by atoms with E-state index < -0.39 is 5.82 Å². The molecule has 0 spiro atoms. The molecule has 144 valence electrons. The van der Waals surface area contributed by atoms with E-state index in [9.17, 15) is 9.18 Å². The van der Waals surface area contributed by atoms with E-state index in [4.69, 9.17) is 11.5 Å². The van der Waals surface area contributed by atoms with Crippen molar-refractivity contribution >= 4 is 23.4 Å². The maximum atomic E-state index is 13.2. The topological polar surface area (TPSA) is 119 Å². The van der Waals surface area contributed by atoms with Crippen molar-refractivity contribution in [2.75, 3.05) is 23.3 Å². The van der Waals surface area contributed by atoms with Crippen LogP contribution in [0.25, 0.3) is 0 Å². The third-order valence-corrected chi connectivity index (χ3v) is 4.14. The Balaban J connectivity index is 1.47. The Morgan fingerprint density at radius 3 is 2.61 bits per heavy atom. The molecule has 3 aromatic rings. The Morgan fingerprint density at radius 2 is 1.89 bits per heavy atom. The number of nitrogens with one attached hydrogen (secondary N) is 2. The predicted molar refractivity (Wildman–Crippen MR) is 107 cm³/mol. The summed E-state index contributed by atoms with van der Waals surface area (Å²) in [5, 5.41) is 6.03. The number of halogens is 1. The number of rotatable bonds is 7. The lowest BCUT2D eigenvalue weighted by atomic mass is 10.1. The van der Waals surface area contributed by atoms with E-state index >= 15 is 0 Å². The molecule has 0 fully saturated rings. The monoisotopic (exact) mass is 380 g/mol. The maximum absolute atomic E-state index is 13.2. The third-order valence-electron chi connectivity index (χ3n) is 4.14. The quantitative estimate of drug-likeness (QED) is 0.500. The minimum absolute atomic E-state index is 0.148. The van der Waals surface area contributed by atoms with Crippen LogP contribution in [0.2, 0.25) is 0 Å². The first-order valence-electron chi connectivity index (χ1n) is 8.75. The van der Waals surface area contributed by atoms with Crippen molar-refractivity contribution in [3.8, 4) is 0 Å². The van der Waals surface area contributed by atoms with E-state index in [0.29, 0.717) is 30.9 Å². The van der Waals surface area contributed by atoms with Crippen LogP contribution in [0.4, 0.5) is 21.8 Å². The Kier molecular flexibility index (Phi) is 6.01. The molecule has 28 heavy (non-hydrogen) atoms. The largest absolute Gasteiger partial charge is 0.383 e. The number of nitrogens with two attached hydrogens (primary N) is 2. The summed E-state index contributed by atoms with van der Waals surface area (Å²) in [5.74, 6) is -0.218. The van der Waals surface area contributed by atoms with Gasteiger partial charge in [0.15, 0.2) is 0 Å². The number of carbonyl (C=O) groups is 1. The van der Waals surface area contributed by atoms with Gasteiger partial charge in [0.1, 0.15) is 11.6 Å². The Hall–Kier alpha value is -3.68. The zero-order valence-corrected chi connectivity index (χ0v) is 15.2. The van der Waals surface area contributed by atoms with Crippen molar-refractivity contribution in [1.82, 2.24) is 15.3 Å². The fraction of sp³-hybridized carbons (Fsp3) is 0.150. The van der Waals surface area contributed by atoms with Crippen LogP contribution in [0, 0.1) is 5.82 Å². The number of nitrogens with zero attached hydrogens (tertiary/aromatic N) is 2. The second kappa shape index (κ2) is 8.81. The Labute approximate surface area is 162 Å². The van der Waals surface area contributed by atoms with Gasteiger partial charge in [0.25, 0.3) is 5.91 Å². The van der Waals surface area contributed by atoms with Crippen molar-refractivity contribution < 1.29 is 9.18 Å². The summed E-state index contributed by atoms with van der Waals surface area (Å²) in [5.41, 5.74) is 14.4. The predicted octanol–water partition coefficient (Wildman–Crippen LogP) is 2.36. The number of hydrogen-bond acceptors (Lipinski definition) is 6. The molecule has 7 nitrogen and oxygen atoms in total. The third kappa shape index (κ3) is 5.16. The molecule has 1 heterocycles. The van der Waals surface area contributed by atoms with Crippen molar-refractivity contribution in [1.29, 1.82) is 0 Å². The second-order valence-corrected chi connectivity index (χ2v) is 6.21. The van der Waals surface area contributed by atoms with Gasteiger partial charge in [-0.1, -0.05) is 18.2 Å². The molecule has 8 heteroatoms. The molecule has 6 N–H and O–H groups in total. The first-order chi connectivity index (χ1) is 13.5. The molecule has 3 rings (SSSR count). The molecule has 0 unspecified atom stereocenters. The smallest absolute Gasteiger partial charge is 0.251 e. The SMILES string of the molecule is Nc1ncc(CNc2ccc(CCNC(=O)c3cccc(F)c3)cc2)c(N)n1. The lowest BCUT2D eigenvalue weighted by Crippen LogP contribution is -2.25. The van der Waals surface area contributed by atoms with Crippen LogP contribution in [-0.2, 0) is 13.0 Å². The average molecular weight is 380 g/mol. The Morgan fingerprint density at radius 1 is 1.11 bits per heavy atom. The van der Waals surface area contributed by atoms with Crippen LogP contribution in [0.3, 0.4) is 0 Å². The number of benzene rings is 2. The van der Waals surface area contributed by atoms with Crippen LogP contribution in [0.5, 0.6) is 0 Å². The zero-order valence-electron chi connectivity index (χ0n) is 15.2. The van der Waals surface area contributed by atoms with Crippen LogP contribution in [-0.4, -0.2) is 22.4 Å². The number of carbonyl (C=O) groups excluding carboxylic acids is 1. The van der Waals surface area contributed by atoms with Crippen LogP contribution < -0.4 is 22.1 Å². The summed E-state index contributed by atoms with van der Waals surface area (Å²) in [6.45, 7) is 0.941. The van der Waals surface area contributed by atoms with Crippen molar-refractivity contribution in [3.63, 3.8) is 0 Å². The standard InChI is InChI=1S/C20H21FN6O/c21-16-3-1-2-14(10-16)19(28)24-9-8-13-4-6-17(7-5-13)25-11-15-12-26-20(23)27-18(15)22/h1-7,10,12,25H,8-9,11H2,(H,24,28)(H4,22,23,26,27). The number of hydrogen-bond donors (Lipinski definition) is 4. The maximum Gasteiger partial charge on any atom is 0.251 e.